The van der Waals surface area contributed by atoms with Crippen LogP contribution in [0.15, 0.2) is 18.2 Å². The SMILES string of the molecule is CC(Cl)c1nc2ccc(Cl)cc2n1C1CCC1. The first-order chi connectivity index (χ1) is 8.16. The maximum atomic E-state index is 6.23. The van der Waals surface area contributed by atoms with Crippen molar-refractivity contribution >= 4 is 34.2 Å². The van der Waals surface area contributed by atoms with Crippen molar-refractivity contribution in [2.75, 3.05) is 0 Å². The summed E-state index contributed by atoms with van der Waals surface area (Å²) >= 11 is 12.3. The van der Waals surface area contributed by atoms with E-state index in [1.54, 1.807) is 0 Å². The Morgan fingerprint density at radius 3 is 2.76 bits per heavy atom. The van der Waals surface area contributed by atoms with Gasteiger partial charge in [0, 0.05) is 11.1 Å². The van der Waals surface area contributed by atoms with Gasteiger partial charge in [-0.15, -0.1) is 11.6 Å². The van der Waals surface area contributed by atoms with Crippen LogP contribution in [0.5, 0.6) is 0 Å². The molecule has 1 unspecified atom stereocenters. The van der Waals surface area contributed by atoms with Gasteiger partial charge in [-0.3, -0.25) is 0 Å². The fourth-order valence-corrected chi connectivity index (χ4v) is 2.71. The van der Waals surface area contributed by atoms with E-state index in [0.29, 0.717) is 6.04 Å². The lowest BCUT2D eigenvalue weighted by Gasteiger charge is -2.29. The van der Waals surface area contributed by atoms with Crippen molar-refractivity contribution in [1.29, 1.82) is 0 Å². The Hall–Kier alpha value is -0.730. The molecule has 1 atom stereocenters. The molecule has 1 aliphatic carbocycles. The summed E-state index contributed by atoms with van der Waals surface area (Å²) in [5, 5.41) is 0.688. The van der Waals surface area contributed by atoms with Crippen LogP contribution in [0.1, 0.15) is 43.4 Å². The van der Waals surface area contributed by atoms with Crippen LogP contribution in [-0.2, 0) is 0 Å². The lowest BCUT2D eigenvalue weighted by Crippen LogP contribution is -2.19. The van der Waals surface area contributed by atoms with Crippen molar-refractivity contribution in [1.82, 2.24) is 9.55 Å². The third-order valence-electron chi connectivity index (χ3n) is 3.47. The highest BCUT2D eigenvalue weighted by atomic mass is 35.5. The molecule has 2 nitrogen and oxygen atoms in total. The summed E-state index contributed by atoms with van der Waals surface area (Å²) in [4.78, 5) is 4.63. The molecular weight excluding hydrogens is 255 g/mol. The van der Waals surface area contributed by atoms with E-state index < -0.39 is 0 Å². The topological polar surface area (TPSA) is 17.8 Å². The van der Waals surface area contributed by atoms with Crippen LogP contribution in [0.25, 0.3) is 11.0 Å². The third-order valence-corrected chi connectivity index (χ3v) is 3.90. The number of hydrogen-bond acceptors (Lipinski definition) is 1. The molecule has 1 aliphatic rings. The Labute approximate surface area is 111 Å². The summed E-state index contributed by atoms with van der Waals surface area (Å²) in [6.07, 6.45) is 3.73. The first-order valence-electron chi connectivity index (χ1n) is 5.98. The Morgan fingerprint density at radius 2 is 2.18 bits per heavy atom. The van der Waals surface area contributed by atoms with Crippen LogP contribution < -0.4 is 0 Å². The van der Waals surface area contributed by atoms with Gasteiger partial charge in [0.25, 0.3) is 0 Å². The first-order valence-corrected chi connectivity index (χ1v) is 6.79. The van der Waals surface area contributed by atoms with Gasteiger partial charge in [-0.25, -0.2) is 4.98 Å². The van der Waals surface area contributed by atoms with Crippen LogP contribution in [0, 0.1) is 0 Å². The summed E-state index contributed by atoms with van der Waals surface area (Å²) in [6.45, 7) is 1.97. The molecule has 1 heterocycles. The maximum absolute atomic E-state index is 6.23. The third kappa shape index (κ3) is 1.84. The molecule has 0 saturated heterocycles. The average molecular weight is 269 g/mol. The minimum Gasteiger partial charge on any atom is -0.324 e. The molecule has 1 aromatic heterocycles. The summed E-state index contributed by atoms with van der Waals surface area (Å²) in [5.41, 5.74) is 2.11. The van der Waals surface area contributed by atoms with Crippen molar-refractivity contribution in [3.05, 3.63) is 29.0 Å². The number of halogens is 2. The molecule has 1 aromatic carbocycles. The second-order valence-electron chi connectivity index (χ2n) is 4.67. The van der Waals surface area contributed by atoms with E-state index in [-0.39, 0.29) is 5.38 Å². The highest BCUT2D eigenvalue weighted by Crippen LogP contribution is 2.38. The van der Waals surface area contributed by atoms with Gasteiger partial charge in [0.05, 0.1) is 16.4 Å². The lowest BCUT2D eigenvalue weighted by molar-refractivity contribution is 0.313. The van der Waals surface area contributed by atoms with E-state index in [1.165, 1.54) is 19.3 Å². The highest BCUT2D eigenvalue weighted by molar-refractivity contribution is 6.31. The minimum atomic E-state index is -0.0678. The van der Waals surface area contributed by atoms with Crippen LogP contribution in [0.3, 0.4) is 0 Å². The van der Waals surface area contributed by atoms with Gasteiger partial charge in [0.2, 0.25) is 0 Å². The summed E-state index contributed by atoms with van der Waals surface area (Å²) in [6, 6.07) is 6.39. The quantitative estimate of drug-likeness (QED) is 0.721. The van der Waals surface area contributed by atoms with Crippen molar-refractivity contribution in [2.45, 2.75) is 37.6 Å². The molecule has 0 N–H and O–H groups in total. The number of rotatable bonds is 2. The van der Waals surface area contributed by atoms with Gasteiger partial charge in [0.15, 0.2) is 0 Å². The second-order valence-corrected chi connectivity index (χ2v) is 5.76. The average Bonchev–Trinajstić information content (AvgIpc) is 2.55. The Balaban J connectivity index is 2.24. The molecule has 2 aromatic rings. The van der Waals surface area contributed by atoms with Gasteiger partial charge in [-0.1, -0.05) is 11.6 Å². The molecule has 0 spiro atoms. The van der Waals surface area contributed by atoms with Gasteiger partial charge >= 0.3 is 0 Å². The molecule has 1 fully saturated rings. The van der Waals surface area contributed by atoms with Gasteiger partial charge in [0.1, 0.15) is 5.82 Å². The largest absolute Gasteiger partial charge is 0.324 e. The summed E-state index contributed by atoms with van der Waals surface area (Å²) < 4.78 is 2.28. The molecule has 90 valence electrons. The number of hydrogen-bond donors (Lipinski definition) is 0. The molecule has 0 aliphatic heterocycles. The van der Waals surface area contributed by atoms with Crippen LogP contribution in [-0.4, -0.2) is 9.55 Å². The molecule has 3 rings (SSSR count). The van der Waals surface area contributed by atoms with Crippen molar-refractivity contribution in [3.8, 4) is 0 Å². The molecule has 0 bridgehead atoms. The predicted molar refractivity (Wildman–Crippen MR) is 71.9 cm³/mol. The lowest BCUT2D eigenvalue weighted by atomic mass is 9.92. The van der Waals surface area contributed by atoms with Crippen molar-refractivity contribution in [2.24, 2.45) is 0 Å². The van der Waals surface area contributed by atoms with E-state index >= 15 is 0 Å². The number of imidazole rings is 1. The van der Waals surface area contributed by atoms with E-state index in [0.717, 1.165) is 21.9 Å². The van der Waals surface area contributed by atoms with Gasteiger partial charge in [-0.05, 0) is 44.4 Å². The zero-order valence-corrected chi connectivity index (χ0v) is 11.2. The molecule has 0 amide bonds. The minimum absolute atomic E-state index is 0.0678. The maximum Gasteiger partial charge on any atom is 0.127 e. The van der Waals surface area contributed by atoms with Crippen LogP contribution >= 0.6 is 23.2 Å². The van der Waals surface area contributed by atoms with Gasteiger partial charge in [-0.2, -0.15) is 0 Å². The van der Waals surface area contributed by atoms with E-state index in [2.05, 4.69) is 9.55 Å². The normalized spacial score (nSPS) is 18.3. The van der Waals surface area contributed by atoms with Crippen molar-refractivity contribution < 1.29 is 0 Å². The number of alkyl halides is 1. The smallest absolute Gasteiger partial charge is 0.127 e. The molecule has 4 heteroatoms. The van der Waals surface area contributed by atoms with Crippen LogP contribution in [0.2, 0.25) is 5.02 Å². The van der Waals surface area contributed by atoms with Gasteiger partial charge < -0.3 is 4.57 Å². The summed E-state index contributed by atoms with van der Waals surface area (Å²) in [7, 11) is 0. The second kappa shape index (κ2) is 4.18. The monoisotopic (exact) mass is 268 g/mol. The molecule has 1 saturated carbocycles. The number of fused-ring (bicyclic) bond motifs is 1. The molecular formula is C13H14Cl2N2. The number of benzene rings is 1. The predicted octanol–water partition coefficient (Wildman–Crippen LogP) is 4.71. The zero-order chi connectivity index (χ0) is 12.0. The van der Waals surface area contributed by atoms with E-state index in [1.807, 2.05) is 25.1 Å². The summed E-state index contributed by atoms with van der Waals surface area (Å²) in [5.74, 6) is 0.966. The van der Waals surface area contributed by atoms with Crippen molar-refractivity contribution in [3.63, 3.8) is 0 Å². The fraction of sp³-hybridized carbons (Fsp3) is 0.462. The standard InChI is InChI=1S/C13H14Cl2N2/c1-8(14)13-16-11-6-5-9(15)7-12(11)17(13)10-3-2-4-10/h5-8,10H,2-4H2,1H3. The Bertz CT molecular complexity index is 556. The van der Waals surface area contributed by atoms with E-state index in [9.17, 15) is 0 Å². The molecule has 17 heavy (non-hydrogen) atoms. The molecule has 0 radical (unpaired) electrons. The highest BCUT2D eigenvalue weighted by Gasteiger charge is 2.26. The van der Waals surface area contributed by atoms with E-state index in [4.69, 9.17) is 23.2 Å². The first kappa shape index (κ1) is 11.4. The Morgan fingerprint density at radius 1 is 1.41 bits per heavy atom. The zero-order valence-electron chi connectivity index (χ0n) is 9.66. The fourth-order valence-electron chi connectivity index (χ4n) is 2.39. The number of aromatic nitrogens is 2. The Kier molecular flexibility index (Phi) is 2.80. The van der Waals surface area contributed by atoms with Crippen LogP contribution in [0.4, 0.5) is 0 Å². The number of nitrogens with zero attached hydrogens (tertiary/aromatic N) is 2.